The zero-order valence-electron chi connectivity index (χ0n) is 20.7. The van der Waals surface area contributed by atoms with Crippen LogP contribution >= 0.6 is 11.8 Å². The number of rotatable bonds is 9. The molecule has 38 heavy (non-hydrogen) atoms. The molecule has 0 N–H and O–H groups in total. The van der Waals surface area contributed by atoms with Gasteiger partial charge in [0.1, 0.15) is 5.82 Å². The van der Waals surface area contributed by atoms with E-state index >= 15 is 0 Å². The Balaban J connectivity index is 1.42. The van der Waals surface area contributed by atoms with E-state index in [1.807, 2.05) is 4.57 Å². The Morgan fingerprint density at radius 3 is 2.37 bits per heavy atom. The standard InChI is InChI=1S/C25H29F3N4O4S2/c26-19-14-18(24(28)21(27)15-19)17-37-25-29-22-16-20(38(33,34)31-8-12-36-13-9-31)2-3-23(22)32(25)5-1-4-30-6-10-35-11-7-30/h2-3,14-16H,1,4-13,17H2. The van der Waals surface area contributed by atoms with Crippen LogP contribution in [0.5, 0.6) is 0 Å². The quantitative estimate of drug-likeness (QED) is 0.288. The van der Waals surface area contributed by atoms with Crippen molar-refractivity contribution in [2.24, 2.45) is 0 Å². The van der Waals surface area contributed by atoms with Crippen molar-refractivity contribution < 1.29 is 31.1 Å². The third kappa shape index (κ3) is 6.02. The first-order valence-corrected chi connectivity index (χ1v) is 14.9. The SMILES string of the molecule is O=S(=O)(c1ccc2c(c1)nc(SCc1cc(F)cc(F)c1F)n2CCCN1CCOCC1)N1CCOCC1. The molecular weight excluding hydrogens is 541 g/mol. The molecule has 2 fully saturated rings. The van der Waals surface area contributed by atoms with E-state index in [0.29, 0.717) is 49.7 Å². The number of aromatic nitrogens is 2. The summed E-state index contributed by atoms with van der Waals surface area (Å²) >= 11 is 1.15. The van der Waals surface area contributed by atoms with Crippen LogP contribution < -0.4 is 0 Å². The number of hydrogen-bond acceptors (Lipinski definition) is 7. The molecule has 0 saturated carbocycles. The number of halogens is 3. The predicted molar refractivity (Wildman–Crippen MR) is 137 cm³/mol. The first kappa shape index (κ1) is 27.4. The molecule has 206 valence electrons. The molecule has 0 spiro atoms. The molecule has 2 saturated heterocycles. The number of nitrogens with zero attached hydrogens (tertiary/aromatic N) is 4. The largest absolute Gasteiger partial charge is 0.379 e. The molecule has 2 aromatic carbocycles. The maximum Gasteiger partial charge on any atom is 0.243 e. The summed E-state index contributed by atoms with van der Waals surface area (Å²) in [6, 6.07) is 6.34. The number of hydrogen-bond donors (Lipinski definition) is 0. The summed E-state index contributed by atoms with van der Waals surface area (Å²) in [4.78, 5) is 7.11. The summed E-state index contributed by atoms with van der Waals surface area (Å²) in [6.07, 6.45) is 0.801. The summed E-state index contributed by atoms with van der Waals surface area (Å²) in [7, 11) is -3.71. The number of morpholine rings is 2. The Bertz CT molecular complexity index is 1390. The van der Waals surface area contributed by atoms with Gasteiger partial charge in [-0.25, -0.2) is 26.6 Å². The third-order valence-corrected chi connectivity index (χ3v) is 9.60. The molecule has 5 rings (SSSR count). The van der Waals surface area contributed by atoms with Gasteiger partial charge in [0.15, 0.2) is 16.8 Å². The second kappa shape index (κ2) is 11.9. The number of aryl methyl sites for hydroxylation is 1. The van der Waals surface area contributed by atoms with Crippen LogP contribution in [0, 0.1) is 17.5 Å². The van der Waals surface area contributed by atoms with Crippen molar-refractivity contribution in [3.8, 4) is 0 Å². The highest BCUT2D eigenvalue weighted by atomic mass is 32.2. The molecule has 0 unspecified atom stereocenters. The number of ether oxygens (including phenoxy) is 2. The molecule has 0 aliphatic carbocycles. The number of thioether (sulfide) groups is 1. The van der Waals surface area contributed by atoms with Gasteiger partial charge in [-0.1, -0.05) is 11.8 Å². The number of benzene rings is 2. The second-order valence-corrected chi connectivity index (χ2v) is 12.1. The molecule has 1 aromatic heterocycles. The topological polar surface area (TPSA) is 76.9 Å². The lowest BCUT2D eigenvalue weighted by atomic mass is 10.2. The van der Waals surface area contributed by atoms with Crippen LogP contribution in [-0.2, 0) is 31.8 Å². The van der Waals surface area contributed by atoms with Gasteiger partial charge >= 0.3 is 0 Å². The first-order chi connectivity index (χ1) is 18.3. The molecule has 0 radical (unpaired) electrons. The molecule has 0 atom stereocenters. The van der Waals surface area contributed by atoms with E-state index in [4.69, 9.17) is 9.47 Å². The third-order valence-electron chi connectivity index (χ3n) is 6.68. The highest BCUT2D eigenvalue weighted by molar-refractivity contribution is 7.98. The molecule has 8 nitrogen and oxygen atoms in total. The maximum absolute atomic E-state index is 14.3. The second-order valence-electron chi connectivity index (χ2n) is 9.17. The number of fused-ring (bicyclic) bond motifs is 1. The molecule has 13 heteroatoms. The first-order valence-electron chi connectivity index (χ1n) is 12.5. The highest BCUT2D eigenvalue weighted by Gasteiger charge is 2.27. The van der Waals surface area contributed by atoms with E-state index < -0.39 is 27.5 Å². The molecule has 0 amide bonds. The van der Waals surface area contributed by atoms with Crippen LogP contribution in [0.25, 0.3) is 11.0 Å². The van der Waals surface area contributed by atoms with Crippen molar-refractivity contribution in [1.29, 1.82) is 0 Å². The van der Waals surface area contributed by atoms with Gasteiger partial charge in [0.05, 0.1) is 42.4 Å². The van der Waals surface area contributed by atoms with Gasteiger partial charge in [-0.05, 0) is 30.7 Å². The molecule has 2 aliphatic heterocycles. The molecular formula is C25H29F3N4O4S2. The van der Waals surface area contributed by atoms with Crippen LogP contribution in [0.2, 0.25) is 0 Å². The van der Waals surface area contributed by atoms with Gasteiger partial charge < -0.3 is 14.0 Å². The van der Waals surface area contributed by atoms with Crippen LogP contribution in [0.3, 0.4) is 0 Å². The summed E-state index contributed by atoms with van der Waals surface area (Å²) < 4.78 is 82.1. The van der Waals surface area contributed by atoms with E-state index in [2.05, 4.69) is 9.88 Å². The number of sulfonamides is 1. The number of imidazole rings is 1. The molecule has 3 aromatic rings. The maximum atomic E-state index is 14.3. The van der Waals surface area contributed by atoms with Crippen molar-refractivity contribution in [2.75, 3.05) is 59.2 Å². The summed E-state index contributed by atoms with van der Waals surface area (Å²) in [5.74, 6) is -3.21. The molecule has 3 heterocycles. The lowest BCUT2D eigenvalue weighted by Gasteiger charge is -2.26. The van der Waals surface area contributed by atoms with E-state index in [-0.39, 0.29) is 29.3 Å². The Morgan fingerprint density at radius 1 is 0.921 bits per heavy atom. The predicted octanol–water partition coefficient (Wildman–Crippen LogP) is 3.49. The monoisotopic (exact) mass is 570 g/mol. The summed E-state index contributed by atoms with van der Waals surface area (Å²) in [5.41, 5.74) is 1.12. The normalized spacial score (nSPS) is 17.9. The van der Waals surface area contributed by atoms with Crippen LogP contribution in [0.4, 0.5) is 13.2 Å². The highest BCUT2D eigenvalue weighted by Crippen LogP contribution is 2.31. The fourth-order valence-electron chi connectivity index (χ4n) is 4.64. The zero-order chi connectivity index (χ0) is 26.7. The average Bonchev–Trinajstić information content (AvgIpc) is 3.27. The minimum Gasteiger partial charge on any atom is -0.379 e. The van der Waals surface area contributed by atoms with Crippen molar-refractivity contribution >= 4 is 32.8 Å². The van der Waals surface area contributed by atoms with Gasteiger partial charge in [-0.3, -0.25) is 4.90 Å². The van der Waals surface area contributed by atoms with Crippen LogP contribution in [-0.4, -0.2) is 86.3 Å². The van der Waals surface area contributed by atoms with Gasteiger partial charge in [0.2, 0.25) is 10.0 Å². The van der Waals surface area contributed by atoms with Crippen molar-refractivity contribution in [1.82, 2.24) is 18.8 Å². The van der Waals surface area contributed by atoms with Gasteiger partial charge in [-0.15, -0.1) is 0 Å². The minimum absolute atomic E-state index is 0.0355. The Morgan fingerprint density at radius 2 is 1.63 bits per heavy atom. The zero-order valence-corrected chi connectivity index (χ0v) is 22.4. The van der Waals surface area contributed by atoms with E-state index in [9.17, 15) is 21.6 Å². The fraction of sp³-hybridized carbons (Fsp3) is 0.480. The average molecular weight is 571 g/mol. The van der Waals surface area contributed by atoms with Crippen molar-refractivity contribution in [2.45, 2.75) is 28.8 Å². The Kier molecular flexibility index (Phi) is 8.60. The smallest absolute Gasteiger partial charge is 0.243 e. The van der Waals surface area contributed by atoms with E-state index in [1.165, 1.54) is 4.31 Å². The van der Waals surface area contributed by atoms with Gasteiger partial charge in [0, 0.05) is 56.7 Å². The lowest BCUT2D eigenvalue weighted by molar-refractivity contribution is 0.0369. The minimum atomic E-state index is -3.71. The van der Waals surface area contributed by atoms with Crippen molar-refractivity contribution in [3.05, 3.63) is 53.3 Å². The summed E-state index contributed by atoms with van der Waals surface area (Å²) in [6.45, 7) is 5.82. The van der Waals surface area contributed by atoms with E-state index in [1.54, 1.807) is 18.2 Å². The van der Waals surface area contributed by atoms with Gasteiger partial charge in [0.25, 0.3) is 0 Å². The van der Waals surface area contributed by atoms with Crippen LogP contribution in [0.15, 0.2) is 40.4 Å². The van der Waals surface area contributed by atoms with Crippen molar-refractivity contribution in [3.63, 3.8) is 0 Å². The Labute approximate surface area is 223 Å². The summed E-state index contributed by atoms with van der Waals surface area (Å²) in [5, 5.41) is 0.520. The van der Waals surface area contributed by atoms with Gasteiger partial charge in [-0.2, -0.15) is 4.31 Å². The van der Waals surface area contributed by atoms with Crippen LogP contribution in [0.1, 0.15) is 12.0 Å². The Hall–Kier alpha value is -2.16. The van der Waals surface area contributed by atoms with E-state index in [0.717, 1.165) is 49.4 Å². The molecule has 0 bridgehead atoms. The fourth-order valence-corrected chi connectivity index (χ4v) is 7.08. The lowest BCUT2D eigenvalue weighted by Crippen LogP contribution is -2.40. The molecule has 2 aliphatic rings.